The van der Waals surface area contributed by atoms with Crippen LogP contribution in [0.15, 0.2) is 42.5 Å². The third-order valence-electron chi connectivity index (χ3n) is 5.01. The highest BCUT2D eigenvalue weighted by Gasteiger charge is 2.27. The zero-order chi connectivity index (χ0) is 20.4. The third-order valence-corrected chi connectivity index (χ3v) is 6.05. The van der Waals surface area contributed by atoms with E-state index in [1.54, 1.807) is 36.3 Å². The smallest absolute Gasteiger partial charge is 0.260 e. The summed E-state index contributed by atoms with van der Waals surface area (Å²) >= 11 is 1.45. The van der Waals surface area contributed by atoms with Crippen LogP contribution in [0.4, 0.5) is 5.13 Å². The number of nitrogens with zero attached hydrogens (tertiary/aromatic N) is 2. The maximum absolute atomic E-state index is 13.3. The average molecular weight is 410 g/mol. The zero-order valence-corrected chi connectivity index (χ0v) is 17.2. The van der Waals surface area contributed by atoms with E-state index >= 15 is 0 Å². The number of aromatic nitrogens is 1. The van der Waals surface area contributed by atoms with Crippen molar-refractivity contribution >= 4 is 38.4 Å². The lowest BCUT2D eigenvalue weighted by molar-refractivity contribution is 0.0916. The van der Waals surface area contributed by atoms with Gasteiger partial charge in [-0.3, -0.25) is 14.5 Å². The van der Waals surface area contributed by atoms with E-state index in [0.717, 1.165) is 35.4 Å². The quantitative estimate of drug-likeness (QED) is 0.566. The van der Waals surface area contributed by atoms with Crippen molar-refractivity contribution in [1.82, 2.24) is 4.98 Å². The second-order valence-electron chi connectivity index (χ2n) is 7.01. The first kappa shape index (κ1) is 19.5. The van der Waals surface area contributed by atoms with Crippen LogP contribution in [0, 0.1) is 0 Å². The molecule has 2 aromatic carbocycles. The molecule has 1 fully saturated rings. The first-order valence-corrected chi connectivity index (χ1v) is 10.4. The van der Waals surface area contributed by atoms with Crippen molar-refractivity contribution in [1.29, 1.82) is 0 Å². The van der Waals surface area contributed by atoms with Gasteiger partial charge in [-0.1, -0.05) is 23.5 Å². The largest absolute Gasteiger partial charge is 0.497 e. The molecule has 29 heavy (non-hydrogen) atoms. The van der Waals surface area contributed by atoms with Crippen molar-refractivity contribution < 1.29 is 19.1 Å². The molecule has 0 N–H and O–H groups in total. The van der Waals surface area contributed by atoms with Crippen LogP contribution in [0.2, 0.25) is 0 Å². The lowest BCUT2D eigenvalue weighted by Gasteiger charge is -2.23. The molecule has 0 aliphatic carbocycles. The van der Waals surface area contributed by atoms with Crippen LogP contribution in [0.25, 0.3) is 10.2 Å². The SMILES string of the molecule is COc1ccc2nc(N(CC3CCCO3)C(=O)c3ccc(C(C)=O)cc3)sc2c1. The van der Waals surface area contributed by atoms with E-state index in [1.807, 2.05) is 18.2 Å². The van der Waals surface area contributed by atoms with Gasteiger partial charge in [0.15, 0.2) is 10.9 Å². The Kier molecular flexibility index (Phi) is 5.60. The van der Waals surface area contributed by atoms with Crippen molar-refractivity contribution in [3.05, 3.63) is 53.6 Å². The fourth-order valence-electron chi connectivity index (χ4n) is 3.38. The monoisotopic (exact) mass is 410 g/mol. The molecule has 0 bridgehead atoms. The molecule has 0 saturated carbocycles. The Bertz CT molecular complexity index is 1040. The maximum atomic E-state index is 13.3. The molecule has 1 atom stereocenters. The summed E-state index contributed by atoms with van der Waals surface area (Å²) in [6.45, 7) is 2.68. The standard InChI is InChI=1S/C22H22N2O4S/c1-14(25)15-5-7-16(8-6-15)21(26)24(13-18-4-3-11-28-18)22-23-19-10-9-17(27-2)12-20(19)29-22/h5-10,12,18H,3-4,11,13H2,1-2H3. The summed E-state index contributed by atoms with van der Waals surface area (Å²) in [5.74, 6) is 0.575. The lowest BCUT2D eigenvalue weighted by Crippen LogP contribution is -2.37. The molecule has 3 aromatic rings. The maximum Gasteiger partial charge on any atom is 0.260 e. The number of carbonyl (C=O) groups excluding carboxylic acids is 2. The van der Waals surface area contributed by atoms with Crippen molar-refractivity contribution in [2.75, 3.05) is 25.2 Å². The van der Waals surface area contributed by atoms with Gasteiger partial charge in [0.05, 0.1) is 30.0 Å². The minimum Gasteiger partial charge on any atom is -0.497 e. The van der Waals surface area contributed by atoms with Crippen molar-refractivity contribution in [3.8, 4) is 5.75 Å². The number of rotatable bonds is 6. The van der Waals surface area contributed by atoms with Crippen molar-refractivity contribution in [2.45, 2.75) is 25.9 Å². The molecule has 6 nitrogen and oxygen atoms in total. The molecule has 0 radical (unpaired) electrons. The van der Waals surface area contributed by atoms with Gasteiger partial charge in [0.1, 0.15) is 5.75 Å². The summed E-state index contributed by atoms with van der Waals surface area (Å²) in [6, 6.07) is 12.4. The number of thiazole rings is 1. The molecule has 4 rings (SSSR count). The van der Waals surface area contributed by atoms with Gasteiger partial charge in [-0.05, 0) is 50.1 Å². The van der Waals surface area contributed by atoms with E-state index in [4.69, 9.17) is 9.47 Å². The summed E-state index contributed by atoms with van der Waals surface area (Å²) < 4.78 is 12.0. The molecule has 1 amide bonds. The average Bonchev–Trinajstić information content (AvgIpc) is 3.40. The summed E-state index contributed by atoms with van der Waals surface area (Å²) in [4.78, 5) is 31.2. The molecule has 1 saturated heterocycles. The van der Waals surface area contributed by atoms with Gasteiger partial charge in [-0.25, -0.2) is 4.98 Å². The van der Waals surface area contributed by atoms with Crippen LogP contribution in [0.1, 0.15) is 40.5 Å². The number of methoxy groups -OCH3 is 1. The predicted molar refractivity (Wildman–Crippen MR) is 113 cm³/mol. The number of fused-ring (bicyclic) bond motifs is 1. The highest BCUT2D eigenvalue weighted by atomic mass is 32.1. The molecule has 2 heterocycles. The number of ketones is 1. The fraction of sp³-hybridized carbons (Fsp3) is 0.318. The molecular formula is C22H22N2O4S. The first-order valence-electron chi connectivity index (χ1n) is 9.54. The minimum absolute atomic E-state index is 0.00279. The second-order valence-corrected chi connectivity index (χ2v) is 8.02. The van der Waals surface area contributed by atoms with Crippen LogP contribution in [0.3, 0.4) is 0 Å². The minimum atomic E-state index is -0.151. The first-order chi connectivity index (χ1) is 14.0. The number of hydrogen-bond donors (Lipinski definition) is 0. The second kappa shape index (κ2) is 8.31. The molecule has 1 aromatic heterocycles. The van der Waals surface area contributed by atoms with Crippen molar-refractivity contribution in [3.63, 3.8) is 0 Å². The van der Waals surface area contributed by atoms with Crippen LogP contribution in [-0.2, 0) is 4.74 Å². The van der Waals surface area contributed by atoms with E-state index in [-0.39, 0.29) is 17.8 Å². The number of amides is 1. The summed E-state index contributed by atoms with van der Waals surface area (Å²) in [7, 11) is 1.63. The molecule has 150 valence electrons. The van der Waals surface area contributed by atoms with Crippen LogP contribution < -0.4 is 9.64 Å². The van der Waals surface area contributed by atoms with E-state index in [2.05, 4.69) is 4.98 Å². The predicted octanol–water partition coefficient (Wildman–Crippen LogP) is 4.33. The van der Waals surface area contributed by atoms with Crippen LogP contribution in [0.5, 0.6) is 5.75 Å². The highest BCUT2D eigenvalue weighted by Crippen LogP contribution is 2.33. The Hall–Kier alpha value is -2.77. The number of hydrogen-bond acceptors (Lipinski definition) is 6. The molecule has 1 aliphatic heterocycles. The van der Waals surface area contributed by atoms with Gasteiger partial charge >= 0.3 is 0 Å². The number of carbonyl (C=O) groups is 2. The summed E-state index contributed by atoms with van der Waals surface area (Å²) in [5, 5.41) is 0.629. The lowest BCUT2D eigenvalue weighted by atomic mass is 10.1. The molecular weight excluding hydrogens is 388 g/mol. The molecule has 1 unspecified atom stereocenters. The van der Waals surface area contributed by atoms with Gasteiger partial charge < -0.3 is 9.47 Å². The summed E-state index contributed by atoms with van der Waals surface area (Å²) in [6.07, 6.45) is 1.92. The zero-order valence-electron chi connectivity index (χ0n) is 16.4. The van der Waals surface area contributed by atoms with Gasteiger partial charge in [0.25, 0.3) is 5.91 Å². The topological polar surface area (TPSA) is 68.7 Å². The Morgan fingerprint density at radius 3 is 2.62 bits per heavy atom. The molecule has 1 aliphatic rings. The number of anilines is 1. The number of benzene rings is 2. The summed E-state index contributed by atoms with van der Waals surface area (Å²) in [5.41, 5.74) is 1.92. The van der Waals surface area contributed by atoms with Crippen LogP contribution in [-0.4, -0.2) is 43.0 Å². The normalized spacial score (nSPS) is 16.1. The van der Waals surface area contributed by atoms with Gasteiger partial charge in [-0.15, -0.1) is 0 Å². The fourth-order valence-corrected chi connectivity index (χ4v) is 4.38. The number of ether oxygens (including phenoxy) is 2. The van der Waals surface area contributed by atoms with Gasteiger partial charge in [0.2, 0.25) is 0 Å². The molecule has 7 heteroatoms. The van der Waals surface area contributed by atoms with Gasteiger partial charge in [-0.2, -0.15) is 0 Å². The Labute approximate surface area is 173 Å². The van der Waals surface area contributed by atoms with E-state index in [0.29, 0.717) is 22.8 Å². The van der Waals surface area contributed by atoms with E-state index < -0.39 is 0 Å². The van der Waals surface area contributed by atoms with Gasteiger partial charge in [0, 0.05) is 17.7 Å². The Morgan fingerprint density at radius 2 is 1.97 bits per heavy atom. The van der Waals surface area contributed by atoms with E-state index in [9.17, 15) is 9.59 Å². The Balaban J connectivity index is 1.68. The Morgan fingerprint density at radius 1 is 1.21 bits per heavy atom. The van der Waals surface area contributed by atoms with Crippen LogP contribution >= 0.6 is 11.3 Å². The van der Waals surface area contributed by atoms with E-state index in [1.165, 1.54) is 18.3 Å². The molecule has 0 spiro atoms. The number of Topliss-reactive ketones (excluding diaryl/α,β-unsaturated/α-hetero) is 1. The highest BCUT2D eigenvalue weighted by molar-refractivity contribution is 7.22. The third kappa shape index (κ3) is 4.16. The van der Waals surface area contributed by atoms with Crippen molar-refractivity contribution in [2.24, 2.45) is 0 Å².